The molecule has 0 atom stereocenters. The normalized spacial score (nSPS) is 10.3. The summed E-state index contributed by atoms with van der Waals surface area (Å²) >= 11 is 0. The maximum absolute atomic E-state index is 5.43. The van der Waals surface area contributed by atoms with Crippen LogP contribution in [0.15, 0.2) is 48.5 Å². The zero-order valence-corrected chi connectivity index (χ0v) is 12.4. The number of para-hydroxylation sites is 2. The van der Waals surface area contributed by atoms with E-state index < -0.39 is 0 Å². The lowest BCUT2D eigenvalue weighted by molar-refractivity contribution is 0.415. The quantitative estimate of drug-likeness (QED) is 0.873. The van der Waals surface area contributed by atoms with Gasteiger partial charge in [0.1, 0.15) is 5.75 Å². The van der Waals surface area contributed by atoms with Crippen LogP contribution in [0.5, 0.6) is 5.75 Å². The summed E-state index contributed by atoms with van der Waals surface area (Å²) in [5.41, 5.74) is 3.77. The third kappa shape index (κ3) is 3.31. The summed E-state index contributed by atoms with van der Waals surface area (Å²) in [5, 5.41) is 3.22. The lowest BCUT2D eigenvalue weighted by Gasteiger charge is -2.23. The third-order valence-corrected chi connectivity index (χ3v) is 3.39. The van der Waals surface area contributed by atoms with Gasteiger partial charge in [-0.05, 0) is 30.3 Å². The first-order valence-corrected chi connectivity index (χ1v) is 6.81. The molecule has 106 valence electrons. The lowest BCUT2D eigenvalue weighted by Crippen LogP contribution is -2.19. The number of nitrogens with zero attached hydrogens (tertiary/aromatic N) is 1. The van der Waals surface area contributed by atoms with Gasteiger partial charge in [0, 0.05) is 20.1 Å². The van der Waals surface area contributed by atoms with E-state index in [4.69, 9.17) is 4.74 Å². The first-order valence-electron chi connectivity index (χ1n) is 6.81. The maximum atomic E-state index is 5.43. The van der Waals surface area contributed by atoms with Crippen molar-refractivity contribution in [3.8, 4) is 5.75 Å². The topological polar surface area (TPSA) is 24.5 Å². The van der Waals surface area contributed by atoms with Gasteiger partial charge in [0.2, 0.25) is 0 Å². The Kier molecular flexibility index (Phi) is 5.02. The van der Waals surface area contributed by atoms with E-state index in [2.05, 4.69) is 47.6 Å². The molecule has 3 nitrogen and oxygen atoms in total. The molecule has 0 bridgehead atoms. The van der Waals surface area contributed by atoms with Crippen LogP contribution in [-0.2, 0) is 13.1 Å². The Balaban J connectivity index is 2.21. The fraction of sp³-hybridized carbons (Fsp3) is 0.294. The molecule has 0 radical (unpaired) electrons. The number of hydrogen-bond acceptors (Lipinski definition) is 3. The summed E-state index contributed by atoms with van der Waals surface area (Å²) in [5.74, 6) is 0.904. The standard InChI is InChI=1S/C17H22N2O/c1-18-12-14-8-4-5-9-15(14)13-19(2)16-10-6-7-11-17(16)20-3/h4-11,18H,12-13H2,1-3H3. The van der Waals surface area contributed by atoms with Crippen LogP contribution >= 0.6 is 0 Å². The molecule has 0 aromatic heterocycles. The van der Waals surface area contributed by atoms with Gasteiger partial charge in [0.05, 0.1) is 12.8 Å². The molecule has 3 heteroatoms. The molecule has 0 saturated carbocycles. The van der Waals surface area contributed by atoms with E-state index in [9.17, 15) is 0 Å². The largest absolute Gasteiger partial charge is 0.495 e. The first kappa shape index (κ1) is 14.4. The highest BCUT2D eigenvalue weighted by atomic mass is 16.5. The number of rotatable bonds is 6. The van der Waals surface area contributed by atoms with Gasteiger partial charge in [-0.3, -0.25) is 0 Å². The molecule has 1 N–H and O–H groups in total. The third-order valence-electron chi connectivity index (χ3n) is 3.39. The van der Waals surface area contributed by atoms with Crippen LogP contribution in [-0.4, -0.2) is 21.2 Å². The highest BCUT2D eigenvalue weighted by Gasteiger charge is 2.09. The van der Waals surface area contributed by atoms with E-state index in [1.54, 1.807) is 7.11 Å². The second-order valence-corrected chi connectivity index (χ2v) is 4.83. The SMILES string of the molecule is CNCc1ccccc1CN(C)c1ccccc1OC. The molecule has 2 aromatic carbocycles. The number of hydrogen-bond donors (Lipinski definition) is 1. The zero-order valence-electron chi connectivity index (χ0n) is 12.4. The molecule has 0 amide bonds. The Bertz CT molecular complexity index is 554. The molecular formula is C17H22N2O. The monoisotopic (exact) mass is 270 g/mol. The summed E-state index contributed by atoms with van der Waals surface area (Å²) in [7, 11) is 5.77. The maximum Gasteiger partial charge on any atom is 0.142 e. The van der Waals surface area contributed by atoms with Crippen molar-refractivity contribution in [3.05, 3.63) is 59.7 Å². The van der Waals surface area contributed by atoms with Crippen LogP contribution in [0.3, 0.4) is 0 Å². The molecule has 0 saturated heterocycles. The minimum Gasteiger partial charge on any atom is -0.495 e. The van der Waals surface area contributed by atoms with Crippen LogP contribution in [0.25, 0.3) is 0 Å². The van der Waals surface area contributed by atoms with Crippen molar-refractivity contribution in [2.24, 2.45) is 0 Å². The van der Waals surface area contributed by atoms with Crippen molar-refractivity contribution in [1.82, 2.24) is 5.32 Å². The first-order chi connectivity index (χ1) is 9.76. The van der Waals surface area contributed by atoms with Crippen LogP contribution in [0, 0.1) is 0 Å². The number of ether oxygens (including phenoxy) is 1. The van der Waals surface area contributed by atoms with Crippen LogP contribution in [0.1, 0.15) is 11.1 Å². The summed E-state index contributed by atoms with van der Waals surface area (Å²) in [6.45, 7) is 1.74. The van der Waals surface area contributed by atoms with Gasteiger partial charge in [-0.15, -0.1) is 0 Å². The van der Waals surface area contributed by atoms with Gasteiger partial charge >= 0.3 is 0 Å². The van der Waals surface area contributed by atoms with Gasteiger partial charge in [-0.25, -0.2) is 0 Å². The number of methoxy groups -OCH3 is 1. The molecule has 0 unspecified atom stereocenters. The van der Waals surface area contributed by atoms with E-state index in [1.165, 1.54) is 11.1 Å². The fourth-order valence-corrected chi connectivity index (χ4v) is 2.36. The lowest BCUT2D eigenvalue weighted by atomic mass is 10.1. The predicted octanol–water partition coefficient (Wildman–Crippen LogP) is 3.05. The van der Waals surface area contributed by atoms with E-state index in [1.807, 2.05) is 25.2 Å². The number of benzene rings is 2. The zero-order chi connectivity index (χ0) is 14.4. The fourth-order valence-electron chi connectivity index (χ4n) is 2.36. The molecule has 2 rings (SSSR count). The van der Waals surface area contributed by atoms with E-state index in [0.29, 0.717) is 0 Å². The molecule has 20 heavy (non-hydrogen) atoms. The predicted molar refractivity (Wildman–Crippen MR) is 84.3 cm³/mol. The Morgan fingerprint density at radius 1 is 1.00 bits per heavy atom. The second kappa shape index (κ2) is 6.96. The molecule has 0 aliphatic heterocycles. The second-order valence-electron chi connectivity index (χ2n) is 4.83. The van der Waals surface area contributed by atoms with Crippen molar-refractivity contribution in [2.45, 2.75) is 13.1 Å². The highest BCUT2D eigenvalue weighted by molar-refractivity contribution is 5.58. The van der Waals surface area contributed by atoms with Crippen LogP contribution in [0.4, 0.5) is 5.69 Å². The molecule has 0 fully saturated rings. The van der Waals surface area contributed by atoms with Gasteiger partial charge in [0.25, 0.3) is 0 Å². The molecular weight excluding hydrogens is 248 g/mol. The van der Waals surface area contributed by atoms with Crippen molar-refractivity contribution < 1.29 is 4.74 Å². The Hall–Kier alpha value is -2.00. The molecule has 0 spiro atoms. The summed E-state index contributed by atoms with van der Waals surface area (Å²) in [6, 6.07) is 16.6. The van der Waals surface area contributed by atoms with Crippen molar-refractivity contribution in [1.29, 1.82) is 0 Å². The minimum absolute atomic E-state index is 0.859. The van der Waals surface area contributed by atoms with E-state index >= 15 is 0 Å². The van der Waals surface area contributed by atoms with Crippen LogP contribution < -0.4 is 15.0 Å². The van der Waals surface area contributed by atoms with Gasteiger partial charge in [0.15, 0.2) is 0 Å². The molecule has 2 aromatic rings. The smallest absolute Gasteiger partial charge is 0.142 e. The highest BCUT2D eigenvalue weighted by Crippen LogP contribution is 2.28. The average Bonchev–Trinajstić information content (AvgIpc) is 2.49. The van der Waals surface area contributed by atoms with Gasteiger partial charge in [-0.1, -0.05) is 36.4 Å². The van der Waals surface area contributed by atoms with Gasteiger partial charge in [-0.2, -0.15) is 0 Å². The Morgan fingerprint density at radius 3 is 2.35 bits per heavy atom. The summed E-state index contributed by atoms with van der Waals surface area (Å²) in [6.07, 6.45) is 0. The molecule has 0 aliphatic carbocycles. The summed E-state index contributed by atoms with van der Waals surface area (Å²) in [4.78, 5) is 2.22. The van der Waals surface area contributed by atoms with Crippen molar-refractivity contribution >= 4 is 5.69 Å². The number of anilines is 1. The number of nitrogens with one attached hydrogen (secondary N) is 1. The Labute approximate surface area is 121 Å². The van der Waals surface area contributed by atoms with E-state index in [0.717, 1.165) is 24.5 Å². The molecule has 0 aliphatic rings. The van der Waals surface area contributed by atoms with Crippen molar-refractivity contribution in [3.63, 3.8) is 0 Å². The summed E-state index contributed by atoms with van der Waals surface area (Å²) < 4.78 is 5.43. The van der Waals surface area contributed by atoms with Gasteiger partial charge < -0.3 is 15.0 Å². The van der Waals surface area contributed by atoms with Crippen LogP contribution in [0.2, 0.25) is 0 Å². The average molecular weight is 270 g/mol. The minimum atomic E-state index is 0.859. The molecule has 0 heterocycles. The van der Waals surface area contributed by atoms with Crippen molar-refractivity contribution in [2.75, 3.05) is 26.1 Å². The van der Waals surface area contributed by atoms with E-state index in [-0.39, 0.29) is 0 Å². The Morgan fingerprint density at radius 2 is 1.65 bits per heavy atom.